The monoisotopic (exact) mass is 447 g/mol. The quantitative estimate of drug-likeness (QED) is 0.642. The van der Waals surface area contributed by atoms with Gasteiger partial charge in [0.25, 0.3) is 5.91 Å². The first-order chi connectivity index (χ1) is 15.3. The van der Waals surface area contributed by atoms with Crippen molar-refractivity contribution >= 4 is 11.7 Å². The number of hydrogen-bond acceptors (Lipinski definition) is 7. The molecule has 1 atom stereocenters. The number of rotatable bonds is 5. The highest BCUT2D eigenvalue weighted by atomic mass is 19.4. The first kappa shape index (κ1) is 21.5. The number of likely N-dealkylation sites (tertiary alicyclic amines) is 1. The molecule has 1 saturated heterocycles. The molecule has 3 heterocycles. The predicted octanol–water partition coefficient (Wildman–Crippen LogP) is 2.80. The predicted molar refractivity (Wildman–Crippen MR) is 107 cm³/mol. The highest BCUT2D eigenvalue weighted by Gasteiger charge is 2.33. The van der Waals surface area contributed by atoms with Gasteiger partial charge in [-0.15, -0.1) is 0 Å². The second-order valence-electron chi connectivity index (χ2n) is 7.22. The summed E-state index contributed by atoms with van der Waals surface area (Å²) in [5, 5.41) is 11.3. The molecule has 4 rings (SSSR count). The Balaban J connectivity index is 1.50. The fourth-order valence-corrected chi connectivity index (χ4v) is 3.53. The van der Waals surface area contributed by atoms with Gasteiger partial charge in [0.1, 0.15) is 17.3 Å². The molecule has 1 amide bonds. The molecule has 2 aromatic heterocycles. The van der Waals surface area contributed by atoms with Gasteiger partial charge in [0.15, 0.2) is 5.69 Å². The molecule has 1 aliphatic rings. The van der Waals surface area contributed by atoms with Crippen LogP contribution in [0.1, 0.15) is 28.9 Å². The van der Waals surface area contributed by atoms with Crippen molar-refractivity contribution < 1.29 is 22.7 Å². The van der Waals surface area contributed by atoms with Gasteiger partial charge in [0.05, 0.1) is 37.5 Å². The van der Waals surface area contributed by atoms with E-state index in [0.717, 1.165) is 19.0 Å². The van der Waals surface area contributed by atoms with E-state index in [1.165, 1.54) is 24.3 Å². The molecular weight excluding hydrogens is 427 g/mol. The number of amides is 1. The molecule has 1 N–H and O–H groups in total. The zero-order chi connectivity index (χ0) is 22.7. The van der Waals surface area contributed by atoms with Gasteiger partial charge in [0, 0.05) is 25.2 Å². The Morgan fingerprint density at radius 3 is 2.62 bits per heavy atom. The van der Waals surface area contributed by atoms with Gasteiger partial charge in [-0.25, -0.2) is 9.97 Å². The summed E-state index contributed by atoms with van der Waals surface area (Å²) < 4.78 is 43.3. The molecule has 0 spiro atoms. The summed E-state index contributed by atoms with van der Waals surface area (Å²) in [5.74, 6) is 0.584. The van der Waals surface area contributed by atoms with Crippen LogP contribution in [0, 0.1) is 0 Å². The molecule has 0 unspecified atom stereocenters. The Hall–Kier alpha value is -3.70. The molecule has 1 aromatic carbocycles. The molecule has 3 aromatic rings. The van der Waals surface area contributed by atoms with Gasteiger partial charge >= 0.3 is 6.18 Å². The van der Waals surface area contributed by atoms with E-state index in [-0.39, 0.29) is 17.8 Å². The van der Waals surface area contributed by atoms with Gasteiger partial charge in [-0.1, -0.05) is 0 Å². The number of carbonyl (C=O) groups is 1. The van der Waals surface area contributed by atoms with Crippen LogP contribution in [0.3, 0.4) is 0 Å². The maximum Gasteiger partial charge on any atom is 0.434 e. The summed E-state index contributed by atoms with van der Waals surface area (Å²) in [7, 11) is 1.53. The van der Waals surface area contributed by atoms with E-state index in [4.69, 9.17) is 4.74 Å². The number of nitrogens with zero attached hydrogens (tertiary/aromatic N) is 6. The summed E-state index contributed by atoms with van der Waals surface area (Å²) >= 11 is 0. The van der Waals surface area contributed by atoms with Crippen LogP contribution in [0.5, 0.6) is 5.75 Å². The van der Waals surface area contributed by atoms with Crippen LogP contribution in [0.25, 0.3) is 5.69 Å². The average molecular weight is 447 g/mol. The fourth-order valence-electron chi connectivity index (χ4n) is 3.53. The van der Waals surface area contributed by atoms with E-state index in [2.05, 4.69) is 25.5 Å². The van der Waals surface area contributed by atoms with Crippen LogP contribution in [0.15, 0.2) is 43.0 Å². The minimum Gasteiger partial charge on any atom is -0.497 e. The van der Waals surface area contributed by atoms with Gasteiger partial charge < -0.3 is 15.0 Å². The number of halogens is 3. The second-order valence-corrected chi connectivity index (χ2v) is 7.22. The number of benzene rings is 1. The van der Waals surface area contributed by atoms with Crippen LogP contribution in [0.2, 0.25) is 0 Å². The lowest BCUT2D eigenvalue weighted by Gasteiger charge is -2.33. The number of hydrogen-bond donors (Lipinski definition) is 1. The maximum absolute atomic E-state index is 13.3. The van der Waals surface area contributed by atoms with Crippen LogP contribution < -0.4 is 10.1 Å². The van der Waals surface area contributed by atoms with E-state index >= 15 is 0 Å². The Bertz CT molecular complexity index is 1070. The molecule has 0 bridgehead atoms. The number of piperidine rings is 1. The van der Waals surface area contributed by atoms with Crippen molar-refractivity contribution in [1.29, 1.82) is 0 Å². The summed E-state index contributed by atoms with van der Waals surface area (Å²) in [6, 6.07) is 4.86. The molecule has 168 valence electrons. The number of carbonyl (C=O) groups excluding carboxylic acids is 1. The van der Waals surface area contributed by atoms with Crippen molar-refractivity contribution in [3.63, 3.8) is 0 Å². The minimum absolute atomic E-state index is 0.178. The highest BCUT2D eigenvalue weighted by molar-refractivity contribution is 5.98. The molecule has 0 radical (unpaired) electrons. The number of anilines is 1. The Morgan fingerprint density at radius 2 is 1.97 bits per heavy atom. The van der Waals surface area contributed by atoms with Gasteiger partial charge in [-0.2, -0.15) is 28.2 Å². The van der Waals surface area contributed by atoms with Gasteiger partial charge in [0.2, 0.25) is 0 Å². The van der Waals surface area contributed by atoms with Crippen molar-refractivity contribution in [2.75, 3.05) is 25.5 Å². The van der Waals surface area contributed by atoms with Crippen molar-refractivity contribution in [3.8, 4) is 11.4 Å². The van der Waals surface area contributed by atoms with Gasteiger partial charge in [-0.3, -0.25) is 4.79 Å². The highest BCUT2D eigenvalue weighted by Crippen LogP contribution is 2.27. The SMILES string of the molecule is COc1ccc(C(=O)N2CCC[C@@H](Nc3cnc(C(F)(F)F)cn3)C2)c(-n2nccn2)c1. The molecule has 12 heteroatoms. The minimum atomic E-state index is -4.54. The summed E-state index contributed by atoms with van der Waals surface area (Å²) in [4.78, 5) is 23.6. The van der Waals surface area contributed by atoms with Crippen molar-refractivity contribution in [2.45, 2.75) is 25.1 Å². The molecular formula is C20H20F3N7O2. The largest absolute Gasteiger partial charge is 0.497 e. The maximum atomic E-state index is 13.3. The number of aromatic nitrogens is 5. The fraction of sp³-hybridized carbons (Fsp3) is 0.350. The van der Waals surface area contributed by atoms with Crippen molar-refractivity contribution in [1.82, 2.24) is 29.9 Å². The molecule has 0 saturated carbocycles. The molecule has 1 fully saturated rings. The van der Waals surface area contributed by atoms with E-state index in [1.807, 2.05) is 0 Å². The van der Waals surface area contributed by atoms with Crippen LogP contribution in [-0.4, -0.2) is 62.0 Å². The lowest BCUT2D eigenvalue weighted by molar-refractivity contribution is -0.141. The summed E-state index contributed by atoms with van der Waals surface area (Å²) in [6.07, 6.45) is 1.69. The summed E-state index contributed by atoms with van der Waals surface area (Å²) in [6.45, 7) is 0.910. The normalized spacial score (nSPS) is 16.6. The van der Waals surface area contributed by atoms with E-state index < -0.39 is 11.9 Å². The van der Waals surface area contributed by atoms with E-state index in [0.29, 0.717) is 36.3 Å². The third-order valence-corrected chi connectivity index (χ3v) is 5.07. The zero-order valence-electron chi connectivity index (χ0n) is 17.1. The molecule has 0 aliphatic carbocycles. The third kappa shape index (κ3) is 4.63. The van der Waals surface area contributed by atoms with Crippen molar-refractivity contribution in [2.24, 2.45) is 0 Å². The number of ether oxygens (including phenoxy) is 1. The average Bonchev–Trinajstić information content (AvgIpc) is 3.33. The van der Waals surface area contributed by atoms with Crippen molar-refractivity contribution in [3.05, 3.63) is 54.2 Å². The lowest BCUT2D eigenvalue weighted by Crippen LogP contribution is -2.45. The van der Waals surface area contributed by atoms with E-state index in [1.54, 1.807) is 23.1 Å². The van der Waals surface area contributed by atoms with Crippen LogP contribution in [0.4, 0.5) is 19.0 Å². The zero-order valence-corrected chi connectivity index (χ0v) is 17.1. The Kier molecular flexibility index (Phi) is 5.93. The Labute approximate surface area is 181 Å². The second kappa shape index (κ2) is 8.81. The number of alkyl halides is 3. The Morgan fingerprint density at radius 1 is 1.19 bits per heavy atom. The smallest absolute Gasteiger partial charge is 0.434 e. The number of methoxy groups -OCH3 is 1. The topological polar surface area (TPSA) is 98.1 Å². The first-order valence-corrected chi connectivity index (χ1v) is 9.85. The standard InChI is InChI=1S/C20H20F3N7O2/c1-32-14-4-5-15(16(9-14)30-26-6-7-27-30)19(31)29-8-2-3-13(12-29)28-18-11-24-17(10-25-18)20(21,22)23/h4-7,9-11,13H,2-3,8,12H2,1H3,(H,25,28)/t13-/m1/s1. The molecule has 1 aliphatic heterocycles. The van der Waals surface area contributed by atoms with Crippen LogP contribution >= 0.6 is 0 Å². The summed E-state index contributed by atoms with van der Waals surface area (Å²) in [5.41, 5.74) is -0.150. The molecule has 32 heavy (non-hydrogen) atoms. The van der Waals surface area contributed by atoms with E-state index in [9.17, 15) is 18.0 Å². The molecule has 9 nitrogen and oxygen atoms in total. The van der Waals surface area contributed by atoms with Crippen LogP contribution in [-0.2, 0) is 6.18 Å². The van der Waals surface area contributed by atoms with Gasteiger partial charge in [-0.05, 0) is 25.0 Å². The number of nitrogens with one attached hydrogen (secondary N) is 1. The lowest BCUT2D eigenvalue weighted by atomic mass is 10.0. The third-order valence-electron chi connectivity index (χ3n) is 5.07. The first-order valence-electron chi connectivity index (χ1n) is 9.85.